The summed E-state index contributed by atoms with van der Waals surface area (Å²) in [5.41, 5.74) is 0.700. The van der Waals surface area contributed by atoms with Crippen molar-refractivity contribution in [2.75, 3.05) is 6.61 Å². The van der Waals surface area contributed by atoms with Gasteiger partial charge in [0.2, 0.25) is 0 Å². The fourth-order valence-electron chi connectivity index (χ4n) is 2.54. The van der Waals surface area contributed by atoms with E-state index in [1.165, 1.54) is 12.8 Å². The molecule has 1 aromatic rings. The van der Waals surface area contributed by atoms with E-state index >= 15 is 0 Å². The van der Waals surface area contributed by atoms with Crippen LogP contribution in [0.15, 0.2) is 28.7 Å². The first-order valence-corrected chi connectivity index (χ1v) is 7.21. The van der Waals surface area contributed by atoms with Gasteiger partial charge in [-0.2, -0.15) is 0 Å². The van der Waals surface area contributed by atoms with Gasteiger partial charge in [-0.3, -0.25) is 4.79 Å². The third-order valence-corrected chi connectivity index (χ3v) is 4.12. The summed E-state index contributed by atoms with van der Waals surface area (Å²) in [6, 6.07) is 7.66. The van der Waals surface area contributed by atoms with E-state index in [1.54, 1.807) is 0 Å². The van der Waals surface area contributed by atoms with Crippen LogP contribution in [0.25, 0.3) is 0 Å². The number of carbonyl (C=O) groups is 1. The molecule has 1 N–H and O–H groups in total. The average Bonchev–Trinajstić information content (AvgIpc) is 3.10. The topological polar surface area (TPSA) is 38.3 Å². The summed E-state index contributed by atoms with van der Waals surface area (Å²) in [7, 11) is 0. The highest BCUT2D eigenvalue weighted by molar-refractivity contribution is 9.10. The van der Waals surface area contributed by atoms with Crippen LogP contribution in [-0.2, 0) is 4.74 Å². The first-order chi connectivity index (χ1) is 8.74. The molecule has 0 spiro atoms. The zero-order valence-electron chi connectivity index (χ0n) is 10.1. The number of nitrogens with one attached hydrogen (secondary N) is 1. The van der Waals surface area contributed by atoms with Gasteiger partial charge in [0, 0.05) is 16.6 Å². The number of amides is 1. The average molecular weight is 310 g/mol. The van der Waals surface area contributed by atoms with Crippen LogP contribution in [0.1, 0.15) is 29.6 Å². The van der Waals surface area contributed by atoms with Gasteiger partial charge in [-0.15, -0.1) is 0 Å². The molecule has 2 unspecified atom stereocenters. The van der Waals surface area contributed by atoms with Crippen LogP contribution in [0.3, 0.4) is 0 Å². The maximum Gasteiger partial charge on any atom is 0.251 e. The number of rotatable bonds is 3. The van der Waals surface area contributed by atoms with Crippen molar-refractivity contribution < 1.29 is 9.53 Å². The lowest BCUT2D eigenvalue weighted by Gasteiger charge is -2.19. The van der Waals surface area contributed by atoms with E-state index in [-0.39, 0.29) is 18.1 Å². The van der Waals surface area contributed by atoms with E-state index < -0.39 is 0 Å². The zero-order chi connectivity index (χ0) is 12.5. The Morgan fingerprint density at radius 1 is 1.33 bits per heavy atom. The minimum atomic E-state index is -0.00236. The Morgan fingerprint density at radius 3 is 2.89 bits per heavy atom. The highest BCUT2D eigenvalue weighted by Gasteiger charge is 2.41. The first-order valence-electron chi connectivity index (χ1n) is 6.42. The maximum absolute atomic E-state index is 12.2. The Kier molecular flexibility index (Phi) is 3.39. The molecule has 1 saturated carbocycles. The number of hydrogen-bond acceptors (Lipinski definition) is 2. The molecule has 0 aromatic heterocycles. The van der Waals surface area contributed by atoms with Crippen molar-refractivity contribution in [1.82, 2.24) is 5.32 Å². The molecule has 2 aliphatic rings. The lowest BCUT2D eigenvalue weighted by atomic mass is 10.1. The molecule has 0 bridgehead atoms. The molecule has 1 amide bonds. The van der Waals surface area contributed by atoms with Crippen LogP contribution in [0.2, 0.25) is 0 Å². The molecule has 0 radical (unpaired) electrons. The van der Waals surface area contributed by atoms with E-state index in [0.29, 0.717) is 11.5 Å². The molecular weight excluding hydrogens is 294 g/mol. The molecular formula is C14H16BrNO2. The first kappa shape index (κ1) is 12.2. The molecule has 2 fully saturated rings. The molecule has 1 aliphatic heterocycles. The van der Waals surface area contributed by atoms with Gasteiger partial charge in [0.1, 0.15) is 0 Å². The summed E-state index contributed by atoms with van der Waals surface area (Å²) in [5.74, 6) is 0.665. The van der Waals surface area contributed by atoms with Crippen molar-refractivity contribution in [1.29, 1.82) is 0 Å². The molecule has 1 aromatic carbocycles. The van der Waals surface area contributed by atoms with Crippen molar-refractivity contribution in [3.05, 3.63) is 34.3 Å². The number of ether oxygens (including phenoxy) is 1. The van der Waals surface area contributed by atoms with Gasteiger partial charge in [-0.1, -0.05) is 22.0 Å². The van der Waals surface area contributed by atoms with E-state index in [9.17, 15) is 4.79 Å². The summed E-state index contributed by atoms with van der Waals surface area (Å²) in [6.45, 7) is 0.768. The van der Waals surface area contributed by atoms with Gasteiger partial charge < -0.3 is 10.1 Å². The van der Waals surface area contributed by atoms with Crippen LogP contribution in [-0.4, -0.2) is 24.7 Å². The molecule has 1 aliphatic carbocycles. The van der Waals surface area contributed by atoms with Crippen LogP contribution < -0.4 is 5.32 Å². The number of carbonyl (C=O) groups excluding carboxylic acids is 1. The summed E-state index contributed by atoms with van der Waals surface area (Å²) >= 11 is 3.38. The number of benzene rings is 1. The predicted molar refractivity (Wildman–Crippen MR) is 72.5 cm³/mol. The lowest BCUT2D eigenvalue weighted by molar-refractivity contribution is 0.0729. The molecule has 1 heterocycles. The minimum Gasteiger partial charge on any atom is -0.376 e. The summed E-state index contributed by atoms with van der Waals surface area (Å²) in [5, 5.41) is 3.11. The summed E-state index contributed by atoms with van der Waals surface area (Å²) in [4.78, 5) is 12.2. The van der Waals surface area contributed by atoms with Gasteiger partial charge in [-0.05, 0) is 43.4 Å². The van der Waals surface area contributed by atoms with Crippen molar-refractivity contribution in [3.8, 4) is 0 Å². The van der Waals surface area contributed by atoms with E-state index in [4.69, 9.17) is 4.74 Å². The van der Waals surface area contributed by atoms with Crippen molar-refractivity contribution in [2.24, 2.45) is 5.92 Å². The highest BCUT2D eigenvalue weighted by Crippen LogP contribution is 2.38. The normalized spacial score (nSPS) is 27.2. The monoisotopic (exact) mass is 309 g/mol. The van der Waals surface area contributed by atoms with Gasteiger partial charge >= 0.3 is 0 Å². The SMILES string of the molecule is O=C(NC1CCOC1C1CC1)c1cccc(Br)c1. The number of hydrogen-bond donors (Lipinski definition) is 1. The summed E-state index contributed by atoms with van der Waals surface area (Å²) < 4.78 is 6.65. The molecule has 4 heteroatoms. The van der Waals surface area contributed by atoms with Crippen LogP contribution in [0.4, 0.5) is 0 Å². The Morgan fingerprint density at radius 2 is 2.17 bits per heavy atom. The van der Waals surface area contributed by atoms with E-state index in [2.05, 4.69) is 21.2 Å². The smallest absolute Gasteiger partial charge is 0.251 e. The van der Waals surface area contributed by atoms with E-state index in [0.717, 1.165) is 17.5 Å². The Labute approximate surface area is 115 Å². The number of halogens is 1. The summed E-state index contributed by atoms with van der Waals surface area (Å²) in [6.07, 6.45) is 3.66. The molecule has 18 heavy (non-hydrogen) atoms. The van der Waals surface area contributed by atoms with Gasteiger partial charge in [0.15, 0.2) is 0 Å². The highest BCUT2D eigenvalue weighted by atomic mass is 79.9. The second-order valence-corrected chi connectivity index (χ2v) is 5.97. The van der Waals surface area contributed by atoms with E-state index in [1.807, 2.05) is 24.3 Å². The van der Waals surface area contributed by atoms with Crippen molar-refractivity contribution in [3.63, 3.8) is 0 Å². The van der Waals surface area contributed by atoms with Crippen LogP contribution in [0.5, 0.6) is 0 Å². The predicted octanol–water partition coefficient (Wildman–Crippen LogP) is 2.75. The van der Waals surface area contributed by atoms with Crippen LogP contribution >= 0.6 is 15.9 Å². The second-order valence-electron chi connectivity index (χ2n) is 5.05. The molecule has 3 nitrogen and oxygen atoms in total. The van der Waals surface area contributed by atoms with Crippen molar-refractivity contribution >= 4 is 21.8 Å². The largest absolute Gasteiger partial charge is 0.376 e. The lowest BCUT2D eigenvalue weighted by Crippen LogP contribution is -2.41. The standard InChI is InChI=1S/C14H16BrNO2/c15-11-3-1-2-10(8-11)14(17)16-12-6-7-18-13(12)9-4-5-9/h1-3,8-9,12-13H,4-7H2,(H,16,17). The Hall–Kier alpha value is -0.870. The minimum absolute atomic E-state index is 0.00236. The molecule has 1 saturated heterocycles. The Balaban J connectivity index is 1.66. The maximum atomic E-state index is 12.2. The third kappa shape index (κ3) is 2.59. The quantitative estimate of drug-likeness (QED) is 0.932. The fraction of sp³-hybridized carbons (Fsp3) is 0.500. The van der Waals surface area contributed by atoms with Gasteiger partial charge in [-0.25, -0.2) is 0 Å². The van der Waals surface area contributed by atoms with Crippen molar-refractivity contribution in [2.45, 2.75) is 31.4 Å². The third-order valence-electron chi connectivity index (χ3n) is 3.63. The second kappa shape index (κ2) is 5.02. The molecule has 96 valence electrons. The van der Waals surface area contributed by atoms with Gasteiger partial charge in [0.05, 0.1) is 12.1 Å². The van der Waals surface area contributed by atoms with Crippen LogP contribution in [0, 0.1) is 5.92 Å². The Bertz CT molecular complexity index is 459. The fourth-order valence-corrected chi connectivity index (χ4v) is 2.94. The van der Waals surface area contributed by atoms with Gasteiger partial charge in [0.25, 0.3) is 5.91 Å². The molecule has 2 atom stereocenters. The molecule has 3 rings (SSSR count). The zero-order valence-corrected chi connectivity index (χ0v) is 11.7.